The van der Waals surface area contributed by atoms with Crippen LogP contribution in [0, 0.1) is 0 Å². The number of rotatable bonds is 7. The first kappa shape index (κ1) is 19.2. The lowest BCUT2D eigenvalue weighted by atomic mass is 10.1. The van der Waals surface area contributed by atoms with Gasteiger partial charge < -0.3 is 9.88 Å². The Kier molecular flexibility index (Phi) is 6.44. The summed E-state index contributed by atoms with van der Waals surface area (Å²) in [5.74, 6) is 1.09. The van der Waals surface area contributed by atoms with Crippen LogP contribution in [0.25, 0.3) is 0 Å². The molecule has 0 spiro atoms. The summed E-state index contributed by atoms with van der Waals surface area (Å²) in [4.78, 5) is 13.7. The standard InChI is InChI=1S/C21H24N4OS2/c26-20-18(10-4-5-12-22-20)28-21-24-23-19(15-17-9-6-14-27-17)25(21)13-11-16-7-2-1-3-8-16/h1-3,6-9,14,18H,4-5,10-13,15H2,(H,22,26)/t18-/m1/s1. The van der Waals surface area contributed by atoms with E-state index in [9.17, 15) is 4.79 Å². The fourth-order valence-corrected chi connectivity index (χ4v) is 5.21. The quantitative estimate of drug-likeness (QED) is 0.639. The van der Waals surface area contributed by atoms with Crippen LogP contribution < -0.4 is 5.32 Å². The van der Waals surface area contributed by atoms with Gasteiger partial charge in [-0.2, -0.15) is 0 Å². The maximum atomic E-state index is 12.4. The molecule has 28 heavy (non-hydrogen) atoms. The number of nitrogens with zero attached hydrogens (tertiary/aromatic N) is 3. The highest BCUT2D eigenvalue weighted by Crippen LogP contribution is 2.28. The number of aryl methyl sites for hydroxylation is 1. The molecule has 0 aliphatic carbocycles. The van der Waals surface area contributed by atoms with Gasteiger partial charge in [0, 0.05) is 24.4 Å². The van der Waals surface area contributed by atoms with Gasteiger partial charge in [0.05, 0.1) is 5.25 Å². The summed E-state index contributed by atoms with van der Waals surface area (Å²) in [6.45, 7) is 1.59. The van der Waals surface area contributed by atoms with Crippen molar-refractivity contribution in [1.82, 2.24) is 20.1 Å². The molecule has 5 nitrogen and oxygen atoms in total. The second kappa shape index (κ2) is 9.39. The molecule has 7 heteroatoms. The van der Waals surface area contributed by atoms with Gasteiger partial charge in [0.15, 0.2) is 5.16 Å². The Morgan fingerprint density at radius 2 is 2.04 bits per heavy atom. The lowest BCUT2D eigenvalue weighted by molar-refractivity contribution is -0.120. The Balaban J connectivity index is 1.55. The maximum absolute atomic E-state index is 12.4. The van der Waals surface area contributed by atoms with Gasteiger partial charge in [-0.15, -0.1) is 21.5 Å². The van der Waals surface area contributed by atoms with Crippen LogP contribution in [0.5, 0.6) is 0 Å². The van der Waals surface area contributed by atoms with E-state index in [1.54, 1.807) is 23.1 Å². The van der Waals surface area contributed by atoms with Crippen molar-refractivity contribution in [3.63, 3.8) is 0 Å². The summed E-state index contributed by atoms with van der Waals surface area (Å²) in [6.07, 6.45) is 4.70. The van der Waals surface area contributed by atoms with Crippen LogP contribution in [-0.2, 0) is 24.2 Å². The van der Waals surface area contributed by atoms with Crippen LogP contribution in [-0.4, -0.2) is 32.5 Å². The Morgan fingerprint density at radius 3 is 2.86 bits per heavy atom. The van der Waals surface area contributed by atoms with Crippen LogP contribution in [0.2, 0.25) is 0 Å². The number of thiophene rings is 1. The third-order valence-electron chi connectivity index (χ3n) is 4.91. The highest BCUT2D eigenvalue weighted by atomic mass is 32.2. The molecule has 1 saturated heterocycles. The molecule has 3 heterocycles. The van der Waals surface area contributed by atoms with E-state index < -0.39 is 0 Å². The minimum absolute atomic E-state index is 0.0863. The van der Waals surface area contributed by atoms with Crippen molar-refractivity contribution in [2.45, 2.75) is 49.1 Å². The predicted molar refractivity (Wildman–Crippen MR) is 114 cm³/mol. The van der Waals surface area contributed by atoms with Gasteiger partial charge >= 0.3 is 0 Å². The minimum Gasteiger partial charge on any atom is -0.355 e. The first-order valence-corrected chi connectivity index (χ1v) is 11.5. The number of aromatic nitrogens is 3. The van der Waals surface area contributed by atoms with Crippen LogP contribution in [0.1, 0.15) is 35.5 Å². The largest absolute Gasteiger partial charge is 0.355 e. The zero-order valence-corrected chi connectivity index (χ0v) is 17.3. The first-order chi connectivity index (χ1) is 13.8. The van der Waals surface area contributed by atoms with Gasteiger partial charge in [-0.05, 0) is 36.3 Å². The minimum atomic E-state index is -0.0863. The van der Waals surface area contributed by atoms with Crippen LogP contribution in [0.3, 0.4) is 0 Å². The SMILES string of the molecule is O=C1NCCCC[C@H]1Sc1nnc(Cc2cccs2)n1CCc1ccccc1. The number of hydrogen-bond donors (Lipinski definition) is 1. The molecule has 1 aliphatic rings. The Bertz CT molecular complexity index is 893. The molecule has 0 saturated carbocycles. The smallest absolute Gasteiger partial charge is 0.233 e. The molecule has 0 bridgehead atoms. The van der Waals surface area contributed by atoms with Crippen molar-refractivity contribution in [1.29, 1.82) is 0 Å². The van der Waals surface area contributed by atoms with Crippen LogP contribution >= 0.6 is 23.1 Å². The van der Waals surface area contributed by atoms with Crippen molar-refractivity contribution in [3.8, 4) is 0 Å². The second-order valence-electron chi connectivity index (χ2n) is 6.94. The lowest BCUT2D eigenvalue weighted by Crippen LogP contribution is -2.30. The Morgan fingerprint density at radius 1 is 1.14 bits per heavy atom. The second-order valence-corrected chi connectivity index (χ2v) is 9.14. The molecule has 3 aromatic rings. The lowest BCUT2D eigenvalue weighted by Gasteiger charge is -2.14. The van der Waals surface area contributed by atoms with Gasteiger partial charge in [-0.3, -0.25) is 4.79 Å². The number of thioether (sulfide) groups is 1. The maximum Gasteiger partial charge on any atom is 0.233 e. The zero-order valence-electron chi connectivity index (χ0n) is 15.7. The molecule has 1 aliphatic heterocycles. The highest BCUT2D eigenvalue weighted by Gasteiger charge is 2.25. The van der Waals surface area contributed by atoms with Gasteiger partial charge in [-0.25, -0.2) is 0 Å². The van der Waals surface area contributed by atoms with Gasteiger partial charge in [0.25, 0.3) is 0 Å². The molecule has 1 N–H and O–H groups in total. The van der Waals surface area contributed by atoms with E-state index in [0.717, 1.165) is 56.2 Å². The molecule has 4 rings (SSSR count). The summed E-state index contributed by atoms with van der Waals surface area (Å²) in [5.41, 5.74) is 1.29. The van der Waals surface area contributed by atoms with E-state index in [4.69, 9.17) is 0 Å². The van der Waals surface area contributed by atoms with Gasteiger partial charge in [0.1, 0.15) is 5.82 Å². The number of hydrogen-bond acceptors (Lipinski definition) is 5. The highest BCUT2D eigenvalue weighted by molar-refractivity contribution is 8.00. The van der Waals surface area contributed by atoms with Crippen LogP contribution in [0.4, 0.5) is 0 Å². The Labute approximate surface area is 173 Å². The topological polar surface area (TPSA) is 59.8 Å². The molecular weight excluding hydrogens is 388 g/mol. The average molecular weight is 413 g/mol. The van der Waals surface area contributed by atoms with E-state index in [0.29, 0.717) is 0 Å². The van der Waals surface area contributed by atoms with E-state index >= 15 is 0 Å². The van der Waals surface area contributed by atoms with Crippen LogP contribution in [0.15, 0.2) is 53.0 Å². The number of nitrogens with one attached hydrogen (secondary N) is 1. The number of carbonyl (C=O) groups is 1. The fraction of sp³-hybridized carbons (Fsp3) is 0.381. The summed E-state index contributed by atoms with van der Waals surface area (Å²) >= 11 is 3.30. The van der Waals surface area contributed by atoms with Crippen molar-refractivity contribution in [2.75, 3.05) is 6.54 Å². The van der Waals surface area contributed by atoms with Gasteiger partial charge in [-0.1, -0.05) is 54.6 Å². The third kappa shape index (κ3) is 4.83. The van der Waals surface area contributed by atoms with E-state index in [2.05, 4.69) is 61.9 Å². The van der Waals surface area contributed by atoms with Crippen molar-refractivity contribution < 1.29 is 4.79 Å². The molecule has 1 aromatic carbocycles. The van der Waals surface area contributed by atoms with E-state index in [1.165, 1.54) is 10.4 Å². The predicted octanol–water partition coefficient (Wildman–Crippen LogP) is 3.93. The molecule has 1 amide bonds. The number of carbonyl (C=O) groups excluding carboxylic acids is 1. The molecule has 1 atom stereocenters. The third-order valence-corrected chi connectivity index (χ3v) is 7.03. The number of amides is 1. The summed E-state index contributed by atoms with van der Waals surface area (Å²) < 4.78 is 2.20. The monoisotopic (exact) mass is 412 g/mol. The molecule has 0 radical (unpaired) electrons. The summed E-state index contributed by atoms with van der Waals surface area (Å²) in [7, 11) is 0. The normalized spacial score (nSPS) is 17.3. The summed E-state index contributed by atoms with van der Waals surface area (Å²) in [6, 6.07) is 14.7. The zero-order chi connectivity index (χ0) is 19.2. The van der Waals surface area contributed by atoms with Crippen molar-refractivity contribution in [3.05, 3.63) is 64.1 Å². The van der Waals surface area contributed by atoms with E-state index in [-0.39, 0.29) is 11.2 Å². The molecule has 0 unspecified atom stereocenters. The summed E-state index contributed by atoms with van der Waals surface area (Å²) in [5, 5.41) is 14.8. The van der Waals surface area contributed by atoms with E-state index in [1.807, 2.05) is 6.07 Å². The molecule has 146 valence electrons. The molecular formula is C21H24N4OS2. The van der Waals surface area contributed by atoms with Crippen molar-refractivity contribution >= 4 is 29.0 Å². The molecule has 1 fully saturated rings. The first-order valence-electron chi connectivity index (χ1n) is 9.72. The number of benzene rings is 1. The fourth-order valence-electron chi connectivity index (χ4n) is 3.37. The van der Waals surface area contributed by atoms with Gasteiger partial charge in [0.2, 0.25) is 5.91 Å². The van der Waals surface area contributed by atoms with Crippen molar-refractivity contribution in [2.24, 2.45) is 0 Å². The Hall–Kier alpha value is -2.12. The average Bonchev–Trinajstić information content (AvgIpc) is 3.31. The molecule has 2 aromatic heterocycles.